The van der Waals surface area contributed by atoms with E-state index >= 15 is 0 Å². The van der Waals surface area contributed by atoms with Crippen LogP contribution in [0.1, 0.15) is 97.3 Å². The van der Waals surface area contributed by atoms with Crippen molar-refractivity contribution in [1.82, 2.24) is 0 Å². The number of hydrogen-bond donors (Lipinski definition) is 6. The molecule has 0 aromatic rings. The maximum atomic E-state index is 12.5. The first kappa shape index (κ1) is 42.1. The average Bonchev–Trinajstić information content (AvgIpc) is 3.03. The molecule has 1 aliphatic carbocycles. The highest BCUT2D eigenvalue weighted by atomic mass is 31.2. The van der Waals surface area contributed by atoms with E-state index in [0.717, 1.165) is 64.2 Å². The second kappa shape index (κ2) is 24.2. The summed E-state index contributed by atoms with van der Waals surface area (Å²) in [6.45, 7) is 2.48. The van der Waals surface area contributed by atoms with Gasteiger partial charge < -0.3 is 39.9 Å². The average molecular weight is 679 g/mol. The fourth-order valence-electron chi connectivity index (χ4n) is 4.57. The van der Waals surface area contributed by atoms with Crippen LogP contribution in [0.15, 0.2) is 36.5 Å². The zero-order valence-corrected chi connectivity index (χ0v) is 28.0. The Labute approximate surface area is 272 Å². The number of carbonyl (C=O) groups is 2. The van der Waals surface area contributed by atoms with Crippen LogP contribution in [-0.4, -0.2) is 98.3 Å². The summed E-state index contributed by atoms with van der Waals surface area (Å²) < 4.78 is 32.4. The van der Waals surface area contributed by atoms with Gasteiger partial charge in [-0.05, 0) is 38.5 Å². The maximum Gasteiger partial charge on any atom is 0.472 e. The highest BCUT2D eigenvalue weighted by molar-refractivity contribution is 7.47. The number of phosphoric acid groups is 1. The lowest BCUT2D eigenvalue weighted by atomic mass is 9.85. The first-order valence-corrected chi connectivity index (χ1v) is 17.8. The summed E-state index contributed by atoms with van der Waals surface area (Å²) in [5.41, 5.74) is 0. The summed E-state index contributed by atoms with van der Waals surface area (Å²) in [5.74, 6) is -1.22. The fraction of sp³-hybridized carbons (Fsp3) is 0.750. The number of aliphatic hydroxyl groups is 5. The standard InChI is InChI=1S/C32H55O13P/c1-3-5-6-7-8-9-10-11-12-13-14-15-16-17-18-19-20-21-26(34)44-24(22-42-25(33)4-2)23-43-46(40,41)45-32-30(38)28(36)27(35)29(37)31(32)39/h5-6,8-9,11-12,24,27-32,35-39H,3-4,7,10,13-23H2,1-2H3,(H,40,41)/b6-5-,9-8-,12-11-. The van der Waals surface area contributed by atoms with Gasteiger partial charge in [0.25, 0.3) is 0 Å². The largest absolute Gasteiger partial charge is 0.472 e. The molecule has 1 aliphatic rings. The Morgan fingerprint density at radius 1 is 0.696 bits per heavy atom. The summed E-state index contributed by atoms with van der Waals surface area (Å²) in [6.07, 6.45) is 10.9. The van der Waals surface area contributed by atoms with E-state index in [2.05, 4.69) is 43.4 Å². The van der Waals surface area contributed by atoms with E-state index in [1.54, 1.807) is 6.92 Å². The second-order valence-electron chi connectivity index (χ2n) is 11.2. The van der Waals surface area contributed by atoms with Crippen molar-refractivity contribution in [3.8, 4) is 0 Å². The van der Waals surface area contributed by atoms with Crippen molar-refractivity contribution >= 4 is 19.8 Å². The van der Waals surface area contributed by atoms with Gasteiger partial charge in [-0.1, -0.05) is 82.4 Å². The quantitative estimate of drug-likeness (QED) is 0.0374. The Kier molecular flexibility index (Phi) is 22.2. The first-order valence-electron chi connectivity index (χ1n) is 16.3. The summed E-state index contributed by atoms with van der Waals surface area (Å²) in [5, 5.41) is 49.3. The Morgan fingerprint density at radius 3 is 1.80 bits per heavy atom. The molecule has 14 heteroatoms. The van der Waals surface area contributed by atoms with Gasteiger partial charge in [0.2, 0.25) is 0 Å². The van der Waals surface area contributed by atoms with E-state index < -0.39 is 75.7 Å². The third kappa shape index (κ3) is 17.8. The predicted octanol–water partition coefficient (Wildman–Crippen LogP) is 3.54. The van der Waals surface area contributed by atoms with Crippen molar-refractivity contribution in [2.45, 2.75) is 140 Å². The summed E-state index contributed by atoms with van der Waals surface area (Å²) in [7, 11) is -5.08. The Balaban J connectivity index is 2.36. The van der Waals surface area contributed by atoms with Gasteiger partial charge in [0.1, 0.15) is 43.2 Å². The summed E-state index contributed by atoms with van der Waals surface area (Å²) in [4.78, 5) is 34.1. The van der Waals surface area contributed by atoms with E-state index in [9.17, 15) is 44.6 Å². The number of rotatable bonds is 24. The van der Waals surface area contributed by atoms with Crippen LogP contribution in [-0.2, 0) is 32.7 Å². The van der Waals surface area contributed by atoms with E-state index in [-0.39, 0.29) is 12.8 Å². The van der Waals surface area contributed by atoms with Crippen molar-refractivity contribution < 1.29 is 63.1 Å². The minimum atomic E-state index is -5.08. The van der Waals surface area contributed by atoms with E-state index in [1.807, 2.05) is 0 Å². The first-order chi connectivity index (χ1) is 21.9. The van der Waals surface area contributed by atoms with E-state index in [1.165, 1.54) is 0 Å². The van der Waals surface area contributed by atoms with Crippen LogP contribution < -0.4 is 0 Å². The molecule has 0 spiro atoms. The molecule has 266 valence electrons. The molecule has 0 aromatic heterocycles. The molecule has 0 amide bonds. The molecule has 6 atom stereocenters. The van der Waals surface area contributed by atoms with Crippen molar-refractivity contribution in [1.29, 1.82) is 0 Å². The molecule has 0 heterocycles. The SMILES string of the molecule is CC/C=C\C/C=C\C/C=C\CCCCCCCCCC(=O)OC(COC(=O)CC)COP(=O)(O)OC1C(O)C(O)C(O)C(O)C1O. The Bertz CT molecular complexity index is 969. The lowest BCUT2D eigenvalue weighted by Gasteiger charge is -2.41. The van der Waals surface area contributed by atoms with Gasteiger partial charge in [0.05, 0.1) is 6.61 Å². The molecule has 1 rings (SSSR count). The van der Waals surface area contributed by atoms with Crippen LogP contribution in [0.25, 0.3) is 0 Å². The molecule has 13 nitrogen and oxygen atoms in total. The lowest BCUT2D eigenvalue weighted by Crippen LogP contribution is -2.64. The van der Waals surface area contributed by atoms with Gasteiger partial charge in [-0.2, -0.15) is 0 Å². The number of hydrogen-bond acceptors (Lipinski definition) is 12. The number of allylic oxidation sites excluding steroid dienone is 6. The van der Waals surface area contributed by atoms with Gasteiger partial charge in [0.15, 0.2) is 6.10 Å². The number of aliphatic hydroxyl groups excluding tert-OH is 5. The maximum absolute atomic E-state index is 12.5. The smallest absolute Gasteiger partial charge is 0.462 e. The van der Waals surface area contributed by atoms with E-state index in [4.69, 9.17) is 18.5 Å². The molecule has 1 saturated carbocycles. The van der Waals surface area contributed by atoms with Crippen LogP contribution >= 0.6 is 7.82 Å². The van der Waals surface area contributed by atoms with Crippen LogP contribution in [0.4, 0.5) is 0 Å². The van der Waals surface area contributed by atoms with Gasteiger partial charge in [0, 0.05) is 12.8 Å². The van der Waals surface area contributed by atoms with Gasteiger partial charge >= 0.3 is 19.8 Å². The molecule has 1 fully saturated rings. The third-order valence-electron chi connectivity index (χ3n) is 7.30. The highest BCUT2D eigenvalue weighted by Crippen LogP contribution is 2.47. The zero-order chi connectivity index (χ0) is 34.4. The number of ether oxygens (including phenoxy) is 2. The topological polar surface area (TPSA) is 210 Å². The van der Waals surface area contributed by atoms with Crippen LogP contribution in [0, 0.1) is 0 Å². The molecular formula is C32H55O13P. The lowest BCUT2D eigenvalue weighted by molar-refractivity contribution is -0.220. The monoisotopic (exact) mass is 678 g/mol. The zero-order valence-electron chi connectivity index (χ0n) is 27.1. The second-order valence-corrected chi connectivity index (χ2v) is 12.6. The summed E-state index contributed by atoms with van der Waals surface area (Å²) >= 11 is 0. The van der Waals surface area contributed by atoms with Crippen molar-refractivity contribution in [2.75, 3.05) is 13.2 Å². The minimum absolute atomic E-state index is 0.0445. The molecule has 0 aliphatic heterocycles. The molecular weight excluding hydrogens is 623 g/mol. The minimum Gasteiger partial charge on any atom is -0.462 e. The number of carbonyl (C=O) groups excluding carboxylic acids is 2. The van der Waals surface area contributed by atoms with Crippen molar-refractivity contribution in [3.63, 3.8) is 0 Å². The molecule has 0 radical (unpaired) electrons. The molecule has 46 heavy (non-hydrogen) atoms. The van der Waals surface area contributed by atoms with Gasteiger partial charge in [-0.15, -0.1) is 0 Å². The Hall–Kier alpha value is -1.93. The van der Waals surface area contributed by atoms with Crippen LogP contribution in [0.5, 0.6) is 0 Å². The highest BCUT2D eigenvalue weighted by Gasteiger charge is 2.51. The fourth-order valence-corrected chi connectivity index (χ4v) is 5.55. The molecule has 0 aromatic carbocycles. The number of esters is 2. The van der Waals surface area contributed by atoms with E-state index in [0.29, 0.717) is 6.42 Å². The van der Waals surface area contributed by atoms with Crippen LogP contribution in [0.3, 0.4) is 0 Å². The third-order valence-corrected chi connectivity index (χ3v) is 8.29. The number of unbranched alkanes of at least 4 members (excludes halogenated alkanes) is 7. The van der Waals surface area contributed by atoms with Gasteiger partial charge in [-0.3, -0.25) is 18.6 Å². The molecule has 0 saturated heterocycles. The molecule has 6 N–H and O–H groups in total. The Morgan fingerprint density at radius 2 is 1.22 bits per heavy atom. The van der Waals surface area contributed by atoms with Gasteiger partial charge in [-0.25, -0.2) is 4.57 Å². The predicted molar refractivity (Wildman–Crippen MR) is 170 cm³/mol. The van der Waals surface area contributed by atoms with Crippen molar-refractivity contribution in [3.05, 3.63) is 36.5 Å². The van der Waals surface area contributed by atoms with Crippen molar-refractivity contribution in [2.24, 2.45) is 0 Å². The molecule has 6 unspecified atom stereocenters. The molecule has 0 bridgehead atoms. The van der Waals surface area contributed by atoms with Crippen LogP contribution in [0.2, 0.25) is 0 Å². The number of phosphoric ester groups is 1. The normalized spacial score (nSPS) is 25.7. The summed E-state index contributed by atoms with van der Waals surface area (Å²) in [6, 6.07) is 0.